The van der Waals surface area contributed by atoms with Gasteiger partial charge in [0.2, 0.25) is 0 Å². The molecule has 0 saturated heterocycles. The second-order valence-corrected chi connectivity index (χ2v) is 16.9. The van der Waals surface area contributed by atoms with Gasteiger partial charge in [-0.25, -0.2) is 0 Å². The minimum Gasteiger partial charge on any atom is -0.309 e. The van der Waals surface area contributed by atoms with Crippen molar-refractivity contribution in [1.29, 1.82) is 0 Å². The smallest absolute Gasteiger partial charge is 0.0640 e. The Balaban J connectivity index is 1.09. The molecule has 0 spiro atoms. The highest BCUT2D eigenvalue weighted by molar-refractivity contribution is 7.27. The molecule has 3 aromatic heterocycles. The number of anilines is 3. The zero-order valence-corrected chi connectivity index (χ0v) is 33.0. The van der Waals surface area contributed by atoms with Gasteiger partial charge >= 0.3 is 0 Å². The van der Waals surface area contributed by atoms with Crippen LogP contribution < -0.4 is 4.90 Å². The topological polar surface area (TPSA) is 8.17 Å². The maximum Gasteiger partial charge on any atom is 0.0640 e. The summed E-state index contributed by atoms with van der Waals surface area (Å²) in [4.78, 5) is 2.50. The van der Waals surface area contributed by atoms with Crippen LogP contribution >= 0.6 is 22.7 Å². The first-order valence-electron chi connectivity index (χ1n) is 19.7. The molecule has 12 rings (SSSR count). The highest BCUT2D eigenvalue weighted by Gasteiger charge is 2.23. The Hall–Kier alpha value is -6.98. The van der Waals surface area contributed by atoms with Gasteiger partial charge in [-0.3, -0.25) is 0 Å². The predicted molar refractivity (Wildman–Crippen MR) is 252 cm³/mol. The van der Waals surface area contributed by atoms with E-state index in [9.17, 15) is 0 Å². The zero-order valence-electron chi connectivity index (χ0n) is 31.3. The van der Waals surface area contributed by atoms with Crippen LogP contribution in [0.1, 0.15) is 0 Å². The molecule has 0 atom stereocenters. The molecular formula is C54H34N2S2. The number of aromatic nitrogens is 1. The van der Waals surface area contributed by atoms with E-state index in [4.69, 9.17) is 0 Å². The summed E-state index contributed by atoms with van der Waals surface area (Å²) in [5.74, 6) is 0. The molecule has 12 aromatic rings. The Bertz CT molecular complexity index is 3500. The van der Waals surface area contributed by atoms with Crippen LogP contribution in [0, 0.1) is 0 Å². The van der Waals surface area contributed by atoms with Gasteiger partial charge in [0.05, 0.1) is 31.8 Å². The number of rotatable bonds is 6. The number of nitrogens with zero attached hydrogens (tertiary/aromatic N) is 2. The van der Waals surface area contributed by atoms with E-state index >= 15 is 0 Å². The highest BCUT2D eigenvalue weighted by Crippen LogP contribution is 2.50. The largest absolute Gasteiger partial charge is 0.309 e. The third-order valence-electron chi connectivity index (χ3n) is 11.6. The lowest BCUT2D eigenvalue weighted by atomic mass is 10.0. The molecular weight excluding hydrogens is 741 g/mol. The highest BCUT2D eigenvalue weighted by atomic mass is 32.1. The number of para-hydroxylation sites is 3. The van der Waals surface area contributed by atoms with Crippen molar-refractivity contribution in [3.63, 3.8) is 0 Å². The molecule has 0 radical (unpaired) electrons. The molecule has 0 bridgehead atoms. The summed E-state index contributed by atoms with van der Waals surface area (Å²) in [5, 5.41) is 7.67. The summed E-state index contributed by atoms with van der Waals surface area (Å²) in [6, 6.07) is 75.5. The second-order valence-electron chi connectivity index (χ2n) is 14.8. The Morgan fingerprint density at radius 3 is 1.64 bits per heavy atom. The van der Waals surface area contributed by atoms with Gasteiger partial charge in [-0.05, 0) is 65.2 Å². The van der Waals surface area contributed by atoms with Gasteiger partial charge in [-0.15, -0.1) is 22.7 Å². The van der Waals surface area contributed by atoms with Gasteiger partial charge in [0, 0.05) is 58.7 Å². The van der Waals surface area contributed by atoms with Crippen LogP contribution in [0.4, 0.5) is 17.1 Å². The Labute approximate surface area is 343 Å². The Kier molecular flexibility index (Phi) is 7.62. The van der Waals surface area contributed by atoms with Gasteiger partial charge < -0.3 is 9.47 Å². The lowest BCUT2D eigenvalue weighted by molar-refractivity contribution is 1.18. The first-order chi connectivity index (χ1) is 28.8. The van der Waals surface area contributed by atoms with Gasteiger partial charge in [-0.2, -0.15) is 0 Å². The van der Waals surface area contributed by atoms with E-state index in [1.807, 2.05) is 22.7 Å². The molecule has 3 heterocycles. The van der Waals surface area contributed by atoms with Gasteiger partial charge in [-0.1, -0.05) is 158 Å². The Morgan fingerprint density at radius 1 is 0.345 bits per heavy atom. The molecule has 4 heteroatoms. The van der Waals surface area contributed by atoms with Crippen LogP contribution in [-0.2, 0) is 0 Å². The van der Waals surface area contributed by atoms with Crippen LogP contribution in [0.25, 0.3) is 90.1 Å². The van der Waals surface area contributed by atoms with Crippen molar-refractivity contribution in [3.8, 4) is 27.9 Å². The van der Waals surface area contributed by atoms with Crippen LogP contribution in [0.5, 0.6) is 0 Å². The lowest BCUT2D eigenvalue weighted by Gasteiger charge is -2.27. The fraction of sp³-hybridized carbons (Fsp3) is 0. The molecule has 0 amide bonds. The summed E-state index contributed by atoms with van der Waals surface area (Å²) >= 11 is 3.78. The fourth-order valence-electron chi connectivity index (χ4n) is 9.03. The van der Waals surface area contributed by atoms with Crippen molar-refractivity contribution in [1.82, 2.24) is 4.57 Å². The van der Waals surface area contributed by atoms with Crippen molar-refractivity contribution in [3.05, 3.63) is 206 Å². The van der Waals surface area contributed by atoms with E-state index in [0.717, 1.165) is 11.4 Å². The molecule has 0 aliphatic heterocycles. The molecule has 0 unspecified atom stereocenters. The molecule has 0 aliphatic carbocycles. The number of hydrogen-bond acceptors (Lipinski definition) is 3. The summed E-state index contributed by atoms with van der Waals surface area (Å²) in [6.45, 7) is 0. The molecule has 9 aromatic carbocycles. The summed E-state index contributed by atoms with van der Waals surface area (Å²) in [5.41, 5.74) is 12.0. The van der Waals surface area contributed by atoms with Crippen LogP contribution in [-0.4, -0.2) is 4.57 Å². The summed E-state index contributed by atoms with van der Waals surface area (Å²) < 4.78 is 7.60. The SMILES string of the molecule is c1ccc(-c2cccc3c2sc2c(N(c4ccc(-c5cccc6c7ccccc7n(-c7ccccc7)c56)cc4)c4cccc5c4sc4ccccc45)cccc23)cc1. The molecule has 272 valence electrons. The summed E-state index contributed by atoms with van der Waals surface area (Å²) in [6.07, 6.45) is 0. The van der Waals surface area contributed by atoms with E-state index < -0.39 is 0 Å². The molecule has 58 heavy (non-hydrogen) atoms. The van der Waals surface area contributed by atoms with Gasteiger partial charge in [0.25, 0.3) is 0 Å². The number of hydrogen-bond donors (Lipinski definition) is 0. The molecule has 0 aliphatic rings. The second kappa shape index (κ2) is 13.3. The molecule has 0 N–H and O–H groups in total. The third-order valence-corrected chi connectivity index (χ3v) is 14.1. The van der Waals surface area contributed by atoms with Gasteiger partial charge in [0.1, 0.15) is 0 Å². The number of thiophene rings is 2. The standard InChI is InChI=1S/C54H34N2S2/c1-3-15-35(16-4-1)40-22-12-24-45-46-26-14-29-49(54(46)58-52(40)45)55(48-28-13-25-44-42-20-8-10-30-50(42)57-53(44)48)38-33-31-36(32-34-38)39-21-11-23-43-41-19-7-9-27-47(41)56(51(39)43)37-17-5-2-6-18-37/h1-34H. The minimum atomic E-state index is 1.12. The van der Waals surface area contributed by atoms with Crippen LogP contribution in [0.2, 0.25) is 0 Å². The maximum absolute atomic E-state index is 2.50. The van der Waals surface area contributed by atoms with Crippen molar-refractivity contribution in [2.45, 2.75) is 0 Å². The average molecular weight is 775 g/mol. The van der Waals surface area contributed by atoms with E-state index in [1.165, 1.54) is 95.8 Å². The number of fused-ring (bicyclic) bond motifs is 9. The van der Waals surface area contributed by atoms with Crippen LogP contribution in [0.15, 0.2) is 206 Å². The first-order valence-corrected chi connectivity index (χ1v) is 21.3. The van der Waals surface area contributed by atoms with E-state index in [-0.39, 0.29) is 0 Å². The van der Waals surface area contributed by atoms with Crippen LogP contribution in [0.3, 0.4) is 0 Å². The fourth-order valence-corrected chi connectivity index (χ4v) is 11.6. The van der Waals surface area contributed by atoms with Crippen molar-refractivity contribution < 1.29 is 0 Å². The van der Waals surface area contributed by atoms with Crippen molar-refractivity contribution in [2.75, 3.05) is 4.90 Å². The lowest BCUT2D eigenvalue weighted by Crippen LogP contribution is -2.10. The van der Waals surface area contributed by atoms with E-state index in [0.29, 0.717) is 0 Å². The quantitative estimate of drug-likeness (QED) is 0.163. The molecule has 2 nitrogen and oxygen atoms in total. The maximum atomic E-state index is 2.50. The normalized spacial score (nSPS) is 11.8. The van der Waals surface area contributed by atoms with Gasteiger partial charge in [0.15, 0.2) is 0 Å². The Morgan fingerprint density at radius 2 is 0.879 bits per heavy atom. The average Bonchev–Trinajstić information content (AvgIpc) is 3.98. The predicted octanol–water partition coefficient (Wildman–Crippen LogP) is 16.3. The van der Waals surface area contributed by atoms with E-state index in [2.05, 4.69) is 216 Å². The zero-order chi connectivity index (χ0) is 38.2. The number of benzene rings is 9. The molecule has 0 saturated carbocycles. The third kappa shape index (κ3) is 5.09. The van der Waals surface area contributed by atoms with Crippen molar-refractivity contribution >= 4 is 102 Å². The summed E-state index contributed by atoms with van der Waals surface area (Å²) in [7, 11) is 0. The van der Waals surface area contributed by atoms with Crippen molar-refractivity contribution in [2.24, 2.45) is 0 Å². The molecule has 0 fully saturated rings. The first kappa shape index (κ1) is 33.2. The monoisotopic (exact) mass is 774 g/mol. The van der Waals surface area contributed by atoms with E-state index in [1.54, 1.807) is 0 Å². The minimum absolute atomic E-state index is 1.12.